The summed E-state index contributed by atoms with van der Waals surface area (Å²) in [6.45, 7) is 0.727. The van der Waals surface area contributed by atoms with Gasteiger partial charge in [0.2, 0.25) is 5.91 Å². The van der Waals surface area contributed by atoms with Crippen molar-refractivity contribution in [2.45, 2.75) is 50.5 Å². The minimum absolute atomic E-state index is 0.0698. The van der Waals surface area contributed by atoms with Crippen molar-refractivity contribution in [1.82, 2.24) is 5.32 Å². The highest BCUT2D eigenvalue weighted by molar-refractivity contribution is 7.10. The van der Waals surface area contributed by atoms with Gasteiger partial charge in [-0.15, -0.1) is 11.3 Å². The molecule has 128 valence electrons. The summed E-state index contributed by atoms with van der Waals surface area (Å²) in [4.78, 5) is 14.2. The summed E-state index contributed by atoms with van der Waals surface area (Å²) >= 11 is 1.71. The molecule has 3 nitrogen and oxygen atoms in total. The molecule has 4 heteroatoms. The second-order valence-electron chi connectivity index (χ2n) is 6.60. The van der Waals surface area contributed by atoms with Crippen LogP contribution in [0.15, 0.2) is 41.8 Å². The van der Waals surface area contributed by atoms with Gasteiger partial charge in [-0.25, -0.2) is 0 Å². The first-order valence-electron chi connectivity index (χ1n) is 8.75. The Kier molecular flexibility index (Phi) is 5.69. The summed E-state index contributed by atoms with van der Waals surface area (Å²) in [7, 11) is 0. The molecule has 1 aliphatic carbocycles. The number of hydrogen-bond donors (Lipinski definition) is 2. The van der Waals surface area contributed by atoms with Crippen molar-refractivity contribution in [3.05, 3.63) is 57.8 Å². The Morgan fingerprint density at radius 3 is 2.42 bits per heavy atom. The van der Waals surface area contributed by atoms with Crippen LogP contribution < -0.4 is 5.32 Å². The third-order valence-corrected chi connectivity index (χ3v) is 6.11. The van der Waals surface area contributed by atoms with E-state index >= 15 is 0 Å². The molecular formula is C20H25NO2S. The van der Waals surface area contributed by atoms with Gasteiger partial charge in [0.25, 0.3) is 0 Å². The molecule has 3 rings (SSSR count). The van der Waals surface area contributed by atoms with Crippen LogP contribution >= 0.6 is 11.3 Å². The number of aliphatic hydroxyl groups excluding tert-OH is 1. The zero-order valence-electron chi connectivity index (χ0n) is 14.0. The number of carbonyl (C=O) groups is 1. The van der Waals surface area contributed by atoms with Crippen molar-refractivity contribution >= 4 is 17.2 Å². The molecule has 0 atom stereocenters. The number of aliphatic hydroxyl groups is 1. The first kappa shape index (κ1) is 17.2. The minimum atomic E-state index is -0.312. The van der Waals surface area contributed by atoms with Crippen LogP contribution in [0.4, 0.5) is 0 Å². The van der Waals surface area contributed by atoms with E-state index in [-0.39, 0.29) is 17.9 Å². The average Bonchev–Trinajstić information content (AvgIpc) is 3.18. The highest BCUT2D eigenvalue weighted by Crippen LogP contribution is 2.41. The molecule has 0 saturated heterocycles. The number of hydrogen-bond acceptors (Lipinski definition) is 3. The number of nitrogens with one attached hydrogen (secondary N) is 1. The van der Waals surface area contributed by atoms with E-state index in [1.807, 2.05) is 30.3 Å². The van der Waals surface area contributed by atoms with E-state index in [1.165, 1.54) is 16.9 Å². The van der Waals surface area contributed by atoms with Gasteiger partial charge in [0.05, 0.1) is 12.0 Å². The number of thiophene rings is 1. The SMILES string of the molecule is O=C(NCCc1ccc(CO)cc1)C1(c2cccs2)CCCCC1. The first-order valence-corrected chi connectivity index (χ1v) is 9.63. The summed E-state index contributed by atoms with van der Waals surface area (Å²) in [5.41, 5.74) is 1.79. The molecule has 2 aromatic rings. The van der Waals surface area contributed by atoms with Crippen LogP contribution in [-0.2, 0) is 23.2 Å². The number of benzene rings is 1. The maximum atomic E-state index is 13.0. The lowest BCUT2D eigenvalue weighted by Gasteiger charge is -2.35. The van der Waals surface area contributed by atoms with Crippen LogP contribution in [0.5, 0.6) is 0 Å². The number of carbonyl (C=O) groups excluding carboxylic acids is 1. The molecule has 0 spiro atoms. The summed E-state index contributed by atoms with van der Waals surface area (Å²) in [5, 5.41) is 14.3. The van der Waals surface area contributed by atoms with Gasteiger partial charge in [-0.3, -0.25) is 4.79 Å². The van der Waals surface area contributed by atoms with Crippen LogP contribution in [0.1, 0.15) is 48.1 Å². The van der Waals surface area contributed by atoms with Gasteiger partial charge in [0, 0.05) is 11.4 Å². The van der Waals surface area contributed by atoms with E-state index in [4.69, 9.17) is 5.11 Å². The van der Waals surface area contributed by atoms with Gasteiger partial charge >= 0.3 is 0 Å². The van der Waals surface area contributed by atoms with Crippen LogP contribution in [0.3, 0.4) is 0 Å². The van der Waals surface area contributed by atoms with Gasteiger partial charge < -0.3 is 10.4 Å². The Labute approximate surface area is 147 Å². The molecule has 1 heterocycles. The topological polar surface area (TPSA) is 49.3 Å². The predicted molar refractivity (Wildman–Crippen MR) is 98.2 cm³/mol. The van der Waals surface area contributed by atoms with E-state index in [9.17, 15) is 4.79 Å². The van der Waals surface area contributed by atoms with Gasteiger partial charge in [-0.2, -0.15) is 0 Å². The molecule has 0 radical (unpaired) electrons. The van der Waals surface area contributed by atoms with Gasteiger partial charge in [0.15, 0.2) is 0 Å². The maximum absolute atomic E-state index is 13.0. The Morgan fingerprint density at radius 2 is 1.79 bits per heavy atom. The Morgan fingerprint density at radius 1 is 1.08 bits per heavy atom. The lowest BCUT2D eigenvalue weighted by Crippen LogP contribution is -2.45. The zero-order chi connectivity index (χ0) is 16.8. The van der Waals surface area contributed by atoms with Crippen molar-refractivity contribution in [3.8, 4) is 0 Å². The van der Waals surface area contributed by atoms with E-state index in [1.54, 1.807) is 11.3 Å². The molecular weight excluding hydrogens is 318 g/mol. The first-order chi connectivity index (χ1) is 11.7. The molecule has 1 aliphatic rings. The largest absolute Gasteiger partial charge is 0.392 e. The van der Waals surface area contributed by atoms with E-state index in [2.05, 4.69) is 16.8 Å². The van der Waals surface area contributed by atoms with Crippen molar-refractivity contribution in [1.29, 1.82) is 0 Å². The fourth-order valence-corrected chi connectivity index (χ4v) is 4.58. The predicted octanol–water partition coefficient (Wildman–Crippen LogP) is 3.80. The average molecular weight is 343 g/mol. The lowest BCUT2D eigenvalue weighted by molar-refractivity contribution is -0.127. The third kappa shape index (κ3) is 3.70. The van der Waals surface area contributed by atoms with Crippen LogP contribution in [0.2, 0.25) is 0 Å². The number of amides is 1. The highest BCUT2D eigenvalue weighted by atomic mass is 32.1. The Balaban J connectivity index is 1.61. The van der Waals surface area contributed by atoms with Crippen molar-refractivity contribution < 1.29 is 9.90 Å². The van der Waals surface area contributed by atoms with Crippen LogP contribution in [-0.4, -0.2) is 17.6 Å². The van der Waals surface area contributed by atoms with Crippen LogP contribution in [0, 0.1) is 0 Å². The van der Waals surface area contributed by atoms with E-state index in [0.29, 0.717) is 6.54 Å². The second-order valence-corrected chi connectivity index (χ2v) is 7.55. The molecule has 2 N–H and O–H groups in total. The quantitative estimate of drug-likeness (QED) is 0.838. The fraction of sp³-hybridized carbons (Fsp3) is 0.450. The highest BCUT2D eigenvalue weighted by Gasteiger charge is 2.41. The minimum Gasteiger partial charge on any atom is -0.392 e. The lowest BCUT2D eigenvalue weighted by atomic mass is 9.72. The summed E-state index contributed by atoms with van der Waals surface area (Å²) in [6, 6.07) is 12.1. The molecule has 1 aromatic carbocycles. The maximum Gasteiger partial charge on any atom is 0.231 e. The summed E-state index contributed by atoms with van der Waals surface area (Å²) in [5.74, 6) is 0.191. The number of rotatable bonds is 6. The summed E-state index contributed by atoms with van der Waals surface area (Å²) in [6.07, 6.45) is 6.24. The second kappa shape index (κ2) is 7.95. The molecule has 1 fully saturated rings. The summed E-state index contributed by atoms with van der Waals surface area (Å²) < 4.78 is 0. The molecule has 1 aromatic heterocycles. The van der Waals surface area contributed by atoms with Crippen molar-refractivity contribution in [3.63, 3.8) is 0 Å². The Hall–Kier alpha value is -1.65. The molecule has 0 unspecified atom stereocenters. The molecule has 0 bridgehead atoms. The zero-order valence-corrected chi connectivity index (χ0v) is 14.8. The monoisotopic (exact) mass is 343 g/mol. The molecule has 24 heavy (non-hydrogen) atoms. The van der Waals surface area contributed by atoms with Crippen LogP contribution in [0.25, 0.3) is 0 Å². The van der Waals surface area contributed by atoms with Crippen molar-refractivity contribution in [2.75, 3.05) is 6.54 Å². The smallest absolute Gasteiger partial charge is 0.231 e. The van der Waals surface area contributed by atoms with Gasteiger partial charge in [0.1, 0.15) is 0 Å². The Bertz CT molecular complexity index is 643. The van der Waals surface area contributed by atoms with Crippen molar-refractivity contribution in [2.24, 2.45) is 0 Å². The molecule has 1 amide bonds. The normalized spacial score (nSPS) is 16.7. The standard InChI is InChI=1S/C20H25NO2S/c22-15-17-8-6-16(7-9-17)10-13-21-19(23)20(11-2-1-3-12-20)18-5-4-14-24-18/h4-9,14,22H,1-3,10-13,15H2,(H,21,23). The third-order valence-electron chi connectivity index (χ3n) is 5.04. The molecule has 1 saturated carbocycles. The molecule has 0 aliphatic heterocycles. The van der Waals surface area contributed by atoms with E-state index in [0.717, 1.165) is 37.7 Å². The van der Waals surface area contributed by atoms with E-state index < -0.39 is 0 Å². The van der Waals surface area contributed by atoms with Gasteiger partial charge in [-0.05, 0) is 41.8 Å². The fourth-order valence-electron chi connectivity index (χ4n) is 3.59. The van der Waals surface area contributed by atoms with Gasteiger partial charge in [-0.1, -0.05) is 49.6 Å².